The number of hydrogen-bond donors (Lipinski definition) is 3. The third-order valence-corrected chi connectivity index (χ3v) is 9.46. The first-order valence-corrected chi connectivity index (χ1v) is 18.7. The fraction of sp³-hybridized carbons (Fsp3) is 0.500. The Morgan fingerprint density at radius 1 is 1.02 bits per heavy atom. The van der Waals surface area contributed by atoms with Gasteiger partial charge in [0.15, 0.2) is 5.71 Å². The number of unbranched alkanes of at least 4 members (excludes halogenated alkanes) is 2. The smallest absolute Gasteiger partial charge is 0.303 e. The number of hydrogen-bond acceptors (Lipinski definition) is 10. The zero-order valence-corrected chi connectivity index (χ0v) is 30.9. The van der Waals surface area contributed by atoms with Crippen LogP contribution in [-0.2, 0) is 16.0 Å². The molecule has 0 fully saturated rings. The van der Waals surface area contributed by atoms with Crippen LogP contribution < -0.4 is 20.5 Å². The van der Waals surface area contributed by atoms with E-state index in [0.717, 1.165) is 37.7 Å². The van der Waals surface area contributed by atoms with Crippen LogP contribution in [0.3, 0.4) is 0 Å². The van der Waals surface area contributed by atoms with Crippen molar-refractivity contribution in [1.29, 1.82) is 0 Å². The Bertz CT molecular complexity index is 1620. The number of carbonyl (C=O) groups is 2. The van der Waals surface area contributed by atoms with Gasteiger partial charge in [0.05, 0.1) is 29.3 Å². The lowest BCUT2D eigenvalue weighted by atomic mass is 9.92. The van der Waals surface area contributed by atoms with Crippen molar-refractivity contribution in [3.8, 4) is 17.0 Å². The number of thiazole rings is 1. The SMILES string of the molecule is CCCCCc1ccc(N/N=C2/C(=O)N(c3nc(-c4ccc(C(=O)NCCCOCCC(O)(CC)CCC)cc4)cs3)N=C2C)c(OCC)c1. The van der Waals surface area contributed by atoms with Crippen molar-refractivity contribution in [3.05, 3.63) is 59.0 Å². The first-order chi connectivity index (χ1) is 24.2. The molecular formula is C38H52N6O5S. The molecule has 0 aliphatic carbocycles. The molecule has 50 heavy (non-hydrogen) atoms. The molecule has 0 saturated heterocycles. The summed E-state index contributed by atoms with van der Waals surface area (Å²) in [7, 11) is 0. The molecule has 2 heterocycles. The van der Waals surface area contributed by atoms with Crippen LogP contribution in [0.2, 0.25) is 0 Å². The van der Waals surface area contributed by atoms with Crippen LogP contribution in [0.4, 0.5) is 10.8 Å². The third-order valence-electron chi connectivity index (χ3n) is 8.64. The van der Waals surface area contributed by atoms with Gasteiger partial charge in [-0.1, -0.05) is 58.2 Å². The van der Waals surface area contributed by atoms with E-state index in [4.69, 9.17) is 9.47 Å². The molecule has 1 unspecified atom stereocenters. The average Bonchev–Trinajstić information content (AvgIpc) is 3.72. The van der Waals surface area contributed by atoms with E-state index in [1.54, 1.807) is 19.1 Å². The van der Waals surface area contributed by atoms with Gasteiger partial charge in [-0.15, -0.1) is 11.3 Å². The minimum atomic E-state index is -0.653. The Morgan fingerprint density at radius 3 is 2.54 bits per heavy atom. The van der Waals surface area contributed by atoms with Crippen LogP contribution in [0.1, 0.15) is 102 Å². The summed E-state index contributed by atoms with van der Waals surface area (Å²) >= 11 is 1.30. The van der Waals surface area contributed by atoms with Gasteiger partial charge >= 0.3 is 5.91 Å². The lowest BCUT2D eigenvalue weighted by molar-refractivity contribution is -0.112. The molecule has 1 aliphatic heterocycles. The summed E-state index contributed by atoms with van der Waals surface area (Å²) < 4.78 is 11.5. The highest BCUT2D eigenvalue weighted by Gasteiger charge is 2.33. The topological polar surface area (TPSA) is 138 Å². The summed E-state index contributed by atoms with van der Waals surface area (Å²) in [6.07, 6.45) is 8.21. The predicted octanol–water partition coefficient (Wildman–Crippen LogP) is 7.60. The number of ether oxygens (including phenoxy) is 2. The van der Waals surface area contributed by atoms with Gasteiger partial charge in [-0.05, 0) is 82.2 Å². The van der Waals surface area contributed by atoms with Crippen molar-refractivity contribution in [1.82, 2.24) is 10.3 Å². The van der Waals surface area contributed by atoms with Crippen molar-refractivity contribution < 1.29 is 24.2 Å². The maximum absolute atomic E-state index is 13.4. The highest BCUT2D eigenvalue weighted by Crippen LogP contribution is 2.31. The predicted molar refractivity (Wildman–Crippen MR) is 203 cm³/mol. The molecule has 0 radical (unpaired) electrons. The van der Waals surface area contributed by atoms with Gasteiger partial charge in [-0.3, -0.25) is 15.0 Å². The Hall–Kier alpha value is -4.13. The van der Waals surface area contributed by atoms with Crippen molar-refractivity contribution in [2.75, 3.05) is 36.8 Å². The minimum Gasteiger partial charge on any atom is -0.492 e. The minimum absolute atomic E-state index is 0.164. The average molecular weight is 705 g/mol. The van der Waals surface area contributed by atoms with Crippen molar-refractivity contribution in [3.63, 3.8) is 0 Å². The maximum Gasteiger partial charge on any atom is 0.303 e. The molecule has 270 valence electrons. The quantitative estimate of drug-likeness (QED) is 0.0767. The number of anilines is 2. The van der Waals surface area contributed by atoms with Crippen LogP contribution in [0.5, 0.6) is 5.75 Å². The monoisotopic (exact) mass is 704 g/mol. The Labute approximate surface area is 300 Å². The number of aryl methyl sites for hydroxylation is 1. The van der Waals surface area contributed by atoms with Gasteiger partial charge in [0, 0.05) is 36.3 Å². The standard InChI is InChI=1S/C38H52N6O5S/c1-6-10-11-13-28-14-19-31(33(25-28)49-9-4)41-42-34-27(5)43-44(36(34)46)37-40-32(26-50-37)29-15-17-30(18-16-29)35(45)39-22-12-23-48-24-21-38(47,8-3)20-7-2/h14-19,25-26,41,47H,6-13,20-24H2,1-5H3,(H,39,45)/b42-34+. The van der Waals surface area contributed by atoms with Crippen molar-refractivity contribution in [2.24, 2.45) is 10.2 Å². The normalized spacial score (nSPS) is 14.9. The van der Waals surface area contributed by atoms with Crippen molar-refractivity contribution >= 4 is 45.4 Å². The first kappa shape index (κ1) is 38.7. The van der Waals surface area contributed by atoms with Crippen LogP contribution in [-0.4, -0.2) is 65.3 Å². The summed E-state index contributed by atoms with van der Waals surface area (Å²) in [6.45, 7) is 12.0. The van der Waals surface area contributed by atoms with Gasteiger partial charge in [0.25, 0.3) is 5.91 Å². The summed E-state index contributed by atoms with van der Waals surface area (Å²) in [6, 6.07) is 13.2. The molecule has 2 aromatic carbocycles. The Kier molecular flexibility index (Phi) is 14.9. The fourth-order valence-corrected chi connectivity index (χ4v) is 6.39. The van der Waals surface area contributed by atoms with E-state index in [0.29, 0.717) is 72.7 Å². The lowest BCUT2D eigenvalue weighted by Crippen LogP contribution is -2.29. The van der Waals surface area contributed by atoms with E-state index >= 15 is 0 Å². The zero-order valence-electron chi connectivity index (χ0n) is 30.1. The van der Waals surface area contributed by atoms with E-state index in [2.05, 4.69) is 45.8 Å². The summed E-state index contributed by atoms with van der Waals surface area (Å²) in [5, 5.41) is 25.9. The van der Waals surface area contributed by atoms with E-state index < -0.39 is 5.60 Å². The Balaban J connectivity index is 1.29. The van der Waals surface area contributed by atoms with E-state index in [1.807, 2.05) is 43.5 Å². The summed E-state index contributed by atoms with van der Waals surface area (Å²) in [5.74, 6) is 0.158. The summed E-state index contributed by atoms with van der Waals surface area (Å²) in [4.78, 5) is 30.7. The highest BCUT2D eigenvalue weighted by molar-refractivity contribution is 7.14. The van der Waals surface area contributed by atoms with Crippen LogP contribution in [0.25, 0.3) is 11.3 Å². The number of hydrazone groups is 2. The second-order valence-electron chi connectivity index (χ2n) is 12.5. The van der Waals surface area contributed by atoms with E-state index in [1.165, 1.54) is 34.8 Å². The zero-order chi connectivity index (χ0) is 35.9. The fourth-order valence-electron chi connectivity index (χ4n) is 5.61. The van der Waals surface area contributed by atoms with E-state index in [9.17, 15) is 14.7 Å². The van der Waals surface area contributed by atoms with Gasteiger partial charge in [0.1, 0.15) is 5.75 Å². The number of amides is 2. The molecule has 2 amide bonds. The maximum atomic E-state index is 13.4. The molecule has 1 aromatic heterocycles. The van der Waals surface area contributed by atoms with Gasteiger partial charge in [-0.25, -0.2) is 4.98 Å². The number of aliphatic hydroxyl groups is 1. The molecule has 1 aliphatic rings. The molecule has 1 atom stereocenters. The molecule has 3 N–H and O–H groups in total. The number of benzene rings is 2. The van der Waals surface area contributed by atoms with E-state index in [-0.39, 0.29) is 17.5 Å². The van der Waals surface area contributed by atoms with Crippen molar-refractivity contribution in [2.45, 2.75) is 98.0 Å². The molecule has 3 aromatic rings. The number of carbonyl (C=O) groups excluding carboxylic acids is 2. The second-order valence-corrected chi connectivity index (χ2v) is 13.3. The third kappa shape index (κ3) is 10.7. The molecule has 4 rings (SSSR count). The highest BCUT2D eigenvalue weighted by atomic mass is 32.1. The molecule has 0 spiro atoms. The van der Waals surface area contributed by atoms with Crippen LogP contribution in [0, 0.1) is 0 Å². The number of nitrogens with one attached hydrogen (secondary N) is 2. The van der Waals surface area contributed by atoms with Gasteiger partial charge in [-0.2, -0.15) is 15.2 Å². The van der Waals surface area contributed by atoms with Crippen LogP contribution >= 0.6 is 11.3 Å². The molecule has 0 bridgehead atoms. The number of rotatable bonds is 21. The molecule has 12 heteroatoms. The molecular weight excluding hydrogens is 653 g/mol. The molecule has 0 saturated carbocycles. The second kappa shape index (κ2) is 19.3. The van der Waals surface area contributed by atoms with Gasteiger partial charge < -0.3 is 19.9 Å². The summed E-state index contributed by atoms with van der Waals surface area (Å²) in [5.41, 5.74) is 6.96. The molecule has 11 nitrogen and oxygen atoms in total. The number of aromatic nitrogens is 1. The van der Waals surface area contributed by atoms with Crippen LogP contribution in [0.15, 0.2) is 58.0 Å². The van der Waals surface area contributed by atoms with Gasteiger partial charge in [0.2, 0.25) is 5.13 Å². The number of nitrogens with zero attached hydrogens (tertiary/aromatic N) is 4. The lowest BCUT2D eigenvalue weighted by Gasteiger charge is -2.26. The largest absolute Gasteiger partial charge is 0.492 e. The first-order valence-electron chi connectivity index (χ1n) is 17.9. The Morgan fingerprint density at radius 2 is 1.82 bits per heavy atom.